The zero-order chi connectivity index (χ0) is 11.5. The Balaban J connectivity index is 1.98. The van der Waals surface area contributed by atoms with Gasteiger partial charge in [-0.2, -0.15) is 0 Å². The normalized spacial score (nSPS) is 20.2. The van der Waals surface area contributed by atoms with Crippen LogP contribution in [0.5, 0.6) is 0 Å². The van der Waals surface area contributed by atoms with Crippen molar-refractivity contribution in [1.29, 1.82) is 0 Å². The van der Waals surface area contributed by atoms with Crippen LogP contribution in [0.1, 0.15) is 17.3 Å². The number of nitrogens with one attached hydrogen (secondary N) is 1. The lowest BCUT2D eigenvalue weighted by molar-refractivity contribution is 0.217. The molecule has 1 fully saturated rings. The van der Waals surface area contributed by atoms with E-state index < -0.39 is 0 Å². The van der Waals surface area contributed by atoms with Crippen LogP contribution < -0.4 is 11.1 Å². The van der Waals surface area contributed by atoms with Gasteiger partial charge in [-0.1, -0.05) is 0 Å². The summed E-state index contributed by atoms with van der Waals surface area (Å²) in [7, 11) is 0. The molecule has 0 aromatic carbocycles. The Kier molecular flexibility index (Phi) is 3.83. The number of hydrogen-bond donors (Lipinski definition) is 2. The molecular formula is C10H14BrN3OS. The van der Waals surface area contributed by atoms with E-state index in [1.807, 2.05) is 10.3 Å². The summed E-state index contributed by atoms with van der Waals surface area (Å²) < 4.78 is 1.07. The minimum Gasteiger partial charge on any atom is -0.330 e. The molecule has 1 saturated heterocycles. The first kappa shape index (κ1) is 11.9. The Labute approximate surface area is 107 Å². The van der Waals surface area contributed by atoms with Crippen molar-refractivity contribution < 1.29 is 4.79 Å². The summed E-state index contributed by atoms with van der Waals surface area (Å²) >= 11 is 5.08. The summed E-state index contributed by atoms with van der Waals surface area (Å²) in [4.78, 5) is 14.7. The molecule has 0 bridgehead atoms. The second kappa shape index (κ2) is 5.16. The molecule has 2 heterocycles. The number of carbonyl (C=O) groups excluding carboxylic acids is 1. The molecule has 2 amide bonds. The van der Waals surface area contributed by atoms with E-state index in [0.717, 1.165) is 24.0 Å². The van der Waals surface area contributed by atoms with Gasteiger partial charge in [-0.3, -0.25) is 0 Å². The highest BCUT2D eigenvalue weighted by atomic mass is 79.9. The number of hydrogen-bond acceptors (Lipinski definition) is 3. The number of halogens is 1. The van der Waals surface area contributed by atoms with Crippen molar-refractivity contribution in [3.05, 3.63) is 20.8 Å². The fraction of sp³-hybridized carbons (Fsp3) is 0.500. The quantitative estimate of drug-likeness (QED) is 0.893. The average molecular weight is 304 g/mol. The molecule has 3 N–H and O–H groups in total. The highest BCUT2D eigenvalue weighted by Crippen LogP contribution is 2.28. The van der Waals surface area contributed by atoms with Gasteiger partial charge in [0.05, 0.1) is 6.04 Å². The summed E-state index contributed by atoms with van der Waals surface area (Å²) in [5.74, 6) is 0. The van der Waals surface area contributed by atoms with Gasteiger partial charge in [0.25, 0.3) is 0 Å². The molecule has 0 spiro atoms. The number of urea groups is 1. The van der Waals surface area contributed by atoms with E-state index in [1.165, 1.54) is 4.88 Å². The van der Waals surface area contributed by atoms with Gasteiger partial charge in [0.15, 0.2) is 0 Å². The molecule has 6 heteroatoms. The fourth-order valence-electron chi connectivity index (χ4n) is 1.74. The highest BCUT2D eigenvalue weighted by molar-refractivity contribution is 9.10. The van der Waals surface area contributed by atoms with Crippen LogP contribution in [-0.2, 0) is 0 Å². The van der Waals surface area contributed by atoms with Gasteiger partial charge < -0.3 is 16.0 Å². The van der Waals surface area contributed by atoms with Crippen LogP contribution in [0.2, 0.25) is 0 Å². The number of nitrogens with zero attached hydrogens (tertiary/aromatic N) is 1. The maximum absolute atomic E-state index is 11.6. The summed E-state index contributed by atoms with van der Waals surface area (Å²) in [5, 5.41) is 5.01. The van der Waals surface area contributed by atoms with Crippen molar-refractivity contribution in [1.82, 2.24) is 10.2 Å². The number of thiophene rings is 1. The molecule has 1 aliphatic rings. The van der Waals surface area contributed by atoms with Gasteiger partial charge in [-0.25, -0.2) is 4.79 Å². The van der Waals surface area contributed by atoms with Crippen LogP contribution in [0.25, 0.3) is 0 Å². The predicted molar refractivity (Wildman–Crippen MR) is 68.5 cm³/mol. The standard InChI is InChI=1S/C10H14BrN3OS/c11-7-4-9(16-6-7)8-5-14(3-1-2-12)10(15)13-8/h4,6,8H,1-3,5,12H2,(H,13,15). The molecule has 4 nitrogen and oxygen atoms in total. The summed E-state index contributed by atoms with van der Waals surface area (Å²) in [6.45, 7) is 2.11. The van der Waals surface area contributed by atoms with Gasteiger partial charge in [0, 0.05) is 27.8 Å². The van der Waals surface area contributed by atoms with Gasteiger partial charge in [0.2, 0.25) is 0 Å². The van der Waals surface area contributed by atoms with Crippen molar-refractivity contribution in [3.8, 4) is 0 Å². The van der Waals surface area contributed by atoms with E-state index in [1.54, 1.807) is 11.3 Å². The van der Waals surface area contributed by atoms with Crippen LogP contribution in [-0.4, -0.2) is 30.6 Å². The van der Waals surface area contributed by atoms with Crippen LogP contribution >= 0.6 is 27.3 Å². The third-order valence-corrected chi connectivity index (χ3v) is 4.36. The van der Waals surface area contributed by atoms with E-state index in [-0.39, 0.29) is 12.1 Å². The topological polar surface area (TPSA) is 58.4 Å². The maximum Gasteiger partial charge on any atom is 0.318 e. The molecule has 88 valence electrons. The molecule has 0 aliphatic carbocycles. The van der Waals surface area contributed by atoms with Gasteiger partial charge >= 0.3 is 6.03 Å². The zero-order valence-electron chi connectivity index (χ0n) is 8.78. The minimum absolute atomic E-state index is 0.0166. The van der Waals surface area contributed by atoms with Crippen LogP contribution in [0, 0.1) is 0 Å². The second-order valence-corrected chi connectivity index (χ2v) is 5.62. The van der Waals surface area contributed by atoms with Crippen molar-refractivity contribution >= 4 is 33.3 Å². The predicted octanol–water partition coefficient (Wildman–Crippen LogP) is 1.93. The van der Waals surface area contributed by atoms with E-state index in [9.17, 15) is 4.79 Å². The van der Waals surface area contributed by atoms with Crippen LogP contribution in [0.3, 0.4) is 0 Å². The Hall–Kier alpha value is -0.590. The fourth-order valence-corrected chi connectivity index (χ4v) is 3.22. The lowest BCUT2D eigenvalue weighted by atomic mass is 10.2. The van der Waals surface area contributed by atoms with Crippen LogP contribution in [0.4, 0.5) is 4.79 Å². The van der Waals surface area contributed by atoms with Crippen molar-refractivity contribution in [2.75, 3.05) is 19.6 Å². The number of rotatable bonds is 4. The molecule has 0 saturated carbocycles. The first-order chi connectivity index (χ1) is 7.70. The smallest absolute Gasteiger partial charge is 0.318 e. The Bertz CT molecular complexity index is 382. The average Bonchev–Trinajstić information content (AvgIpc) is 2.82. The molecule has 1 aliphatic heterocycles. The summed E-state index contributed by atoms with van der Waals surface area (Å²) in [5.41, 5.74) is 5.44. The van der Waals surface area contributed by atoms with Gasteiger partial charge in [-0.15, -0.1) is 11.3 Å². The number of nitrogens with two attached hydrogens (primary N) is 1. The van der Waals surface area contributed by atoms with E-state index >= 15 is 0 Å². The lowest BCUT2D eigenvalue weighted by Gasteiger charge is -2.13. The van der Waals surface area contributed by atoms with Crippen molar-refractivity contribution in [2.45, 2.75) is 12.5 Å². The largest absolute Gasteiger partial charge is 0.330 e. The first-order valence-electron chi connectivity index (χ1n) is 5.20. The molecule has 1 aromatic rings. The Morgan fingerprint density at radius 3 is 3.12 bits per heavy atom. The molecule has 1 atom stereocenters. The van der Waals surface area contributed by atoms with Crippen LogP contribution in [0.15, 0.2) is 15.9 Å². The summed E-state index contributed by atoms with van der Waals surface area (Å²) in [6.07, 6.45) is 0.855. The minimum atomic E-state index is 0.0166. The Morgan fingerprint density at radius 1 is 1.69 bits per heavy atom. The van der Waals surface area contributed by atoms with Gasteiger partial charge in [0.1, 0.15) is 0 Å². The first-order valence-corrected chi connectivity index (χ1v) is 6.87. The van der Waals surface area contributed by atoms with Crippen molar-refractivity contribution in [3.63, 3.8) is 0 Å². The summed E-state index contributed by atoms with van der Waals surface area (Å²) in [6, 6.07) is 2.20. The van der Waals surface area contributed by atoms with Crippen molar-refractivity contribution in [2.24, 2.45) is 5.73 Å². The van der Waals surface area contributed by atoms with E-state index in [4.69, 9.17) is 5.73 Å². The third-order valence-electron chi connectivity index (χ3n) is 2.55. The van der Waals surface area contributed by atoms with E-state index in [2.05, 4.69) is 27.3 Å². The highest BCUT2D eigenvalue weighted by Gasteiger charge is 2.29. The number of carbonyl (C=O) groups is 1. The number of amides is 2. The SMILES string of the molecule is NCCCN1CC(c2cc(Br)cs2)NC1=O. The molecule has 0 radical (unpaired) electrons. The maximum atomic E-state index is 11.6. The molecule has 1 aromatic heterocycles. The van der Waals surface area contributed by atoms with Gasteiger partial charge in [-0.05, 0) is 35.0 Å². The molecule has 1 unspecified atom stereocenters. The third kappa shape index (κ3) is 2.56. The molecule has 2 rings (SSSR count). The monoisotopic (exact) mass is 303 g/mol. The molecular weight excluding hydrogens is 290 g/mol. The second-order valence-electron chi connectivity index (χ2n) is 3.76. The molecule has 16 heavy (non-hydrogen) atoms. The zero-order valence-corrected chi connectivity index (χ0v) is 11.2. The lowest BCUT2D eigenvalue weighted by Crippen LogP contribution is -2.30. The Morgan fingerprint density at radius 2 is 2.50 bits per heavy atom. The van der Waals surface area contributed by atoms with E-state index in [0.29, 0.717) is 6.54 Å².